The zero-order valence-electron chi connectivity index (χ0n) is 11.2. The van der Waals surface area contributed by atoms with E-state index in [1.54, 1.807) is 0 Å². The minimum Gasteiger partial charge on any atom is -0.317 e. The minimum absolute atomic E-state index is 0.715. The summed E-state index contributed by atoms with van der Waals surface area (Å²) in [5.41, 5.74) is 0. The lowest BCUT2D eigenvalue weighted by Crippen LogP contribution is -2.36. The van der Waals surface area contributed by atoms with Gasteiger partial charge in [-0.15, -0.1) is 0 Å². The number of rotatable bonds is 8. The van der Waals surface area contributed by atoms with Gasteiger partial charge in [0.15, 0.2) is 0 Å². The summed E-state index contributed by atoms with van der Waals surface area (Å²) in [5.74, 6) is 0.916. The van der Waals surface area contributed by atoms with Crippen LogP contribution in [0.5, 0.6) is 0 Å². The van der Waals surface area contributed by atoms with E-state index < -0.39 is 0 Å². The molecule has 1 saturated heterocycles. The molecule has 0 aliphatic carbocycles. The smallest absolute Gasteiger partial charge is 0.00388 e. The first kappa shape index (κ1) is 14.0. The van der Waals surface area contributed by atoms with Gasteiger partial charge in [-0.05, 0) is 51.7 Å². The lowest BCUT2D eigenvalue weighted by molar-refractivity contribution is 0.337. The van der Waals surface area contributed by atoms with Gasteiger partial charge in [-0.25, -0.2) is 0 Å². The Morgan fingerprint density at radius 1 is 1.19 bits per heavy atom. The molecule has 1 unspecified atom stereocenters. The molecule has 0 bridgehead atoms. The van der Waals surface area contributed by atoms with Gasteiger partial charge in [0.25, 0.3) is 0 Å². The number of piperidine rings is 1. The maximum Gasteiger partial charge on any atom is 0.00388 e. The van der Waals surface area contributed by atoms with E-state index in [1.807, 2.05) is 0 Å². The van der Waals surface area contributed by atoms with Crippen LogP contribution in [0.4, 0.5) is 0 Å². The van der Waals surface area contributed by atoms with Crippen molar-refractivity contribution in [2.45, 2.75) is 64.8 Å². The first-order valence-electron chi connectivity index (χ1n) is 7.27. The van der Waals surface area contributed by atoms with E-state index in [2.05, 4.69) is 24.5 Å². The third-order valence-electron chi connectivity index (χ3n) is 3.70. The number of nitrogens with one attached hydrogen (secondary N) is 2. The average molecular weight is 226 g/mol. The Balaban J connectivity index is 1.94. The molecule has 1 heterocycles. The maximum absolute atomic E-state index is 3.70. The first-order chi connectivity index (χ1) is 7.83. The van der Waals surface area contributed by atoms with Crippen LogP contribution in [0.1, 0.15) is 58.8 Å². The van der Waals surface area contributed by atoms with Crippen LogP contribution >= 0.6 is 0 Å². The summed E-state index contributed by atoms with van der Waals surface area (Å²) in [4.78, 5) is 0. The summed E-state index contributed by atoms with van der Waals surface area (Å²) in [5, 5.41) is 7.12. The molecule has 0 spiro atoms. The molecule has 0 radical (unpaired) electrons. The lowest BCUT2D eigenvalue weighted by Gasteiger charge is -2.24. The highest BCUT2D eigenvalue weighted by molar-refractivity contribution is 4.72. The number of unbranched alkanes of at least 4 members (excludes halogenated alkanes) is 3. The second-order valence-electron chi connectivity index (χ2n) is 5.35. The predicted molar refractivity (Wildman–Crippen MR) is 71.8 cm³/mol. The first-order valence-corrected chi connectivity index (χ1v) is 7.27. The third kappa shape index (κ3) is 6.49. The van der Waals surface area contributed by atoms with Gasteiger partial charge in [0.05, 0.1) is 0 Å². The SMILES string of the molecule is CCCCCCC(C)NCC1CCNCC1. The molecule has 0 saturated carbocycles. The van der Waals surface area contributed by atoms with Gasteiger partial charge in [-0.2, -0.15) is 0 Å². The average Bonchev–Trinajstić information content (AvgIpc) is 2.33. The van der Waals surface area contributed by atoms with Crippen LogP contribution in [-0.4, -0.2) is 25.7 Å². The highest BCUT2D eigenvalue weighted by Crippen LogP contribution is 2.11. The molecule has 0 aromatic heterocycles. The molecule has 1 rings (SSSR count). The molecule has 96 valence electrons. The highest BCUT2D eigenvalue weighted by Gasteiger charge is 2.13. The molecule has 2 N–H and O–H groups in total. The van der Waals surface area contributed by atoms with E-state index >= 15 is 0 Å². The molecule has 1 fully saturated rings. The molecule has 0 amide bonds. The maximum atomic E-state index is 3.70. The Hall–Kier alpha value is -0.0800. The van der Waals surface area contributed by atoms with E-state index in [0.29, 0.717) is 6.04 Å². The molecule has 1 aliphatic heterocycles. The monoisotopic (exact) mass is 226 g/mol. The summed E-state index contributed by atoms with van der Waals surface area (Å²) in [6, 6.07) is 0.715. The Kier molecular flexibility index (Phi) is 7.87. The molecule has 2 heteroatoms. The molecule has 16 heavy (non-hydrogen) atoms. The fourth-order valence-electron chi connectivity index (χ4n) is 2.43. The van der Waals surface area contributed by atoms with Gasteiger partial charge in [0.2, 0.25) is 0 Å². The summed E-state index contributed by atoms with van der Waals surface area (Å²) < 4.78 is 0. The third-order valence-corrected chi connectivity index (χ3v) is 3.70. The van der Waals surface area contributed by atoms with E-state index in [9.17, 15) is 0 Å². The van der Waals surface area contributed by atoms with Crippen molar-refractivity contribution in [3.63, 3.8) is 0 Å². The van der Waals surface area contributed by atoms with Crippen LogP contribution in [0.3, 0.4) is 0 Å². The van der Waals surface area contributed by atoms with Gasteiger partial charge in [-0.1, -0.05) is 32.6 Å². The largest absolute Gasteiger partial charge is 0.317 e. The Bertz CT molecular complexity index is 153. The highest BCUT2D eigenvalue weighted by atomic mass is 14.9. The predicted octanol–water partition coefficient (Wildman–Crippen LogP) is 2.93. The Labute approximate surface area is 102 Å². The van der Waals surface area contributed by atoms with Crippen LogP contribution in [0.2, 0.25) is 0 Å². The van der Waals surface area contributed by atoms with Gasteiger partial charge in [-0.3, -0.25) is 0 Å². The molecular weight excluding hydrogens is 196 g/mol. The molecule has 0 aromatic rings. The lowest BCUT2D eigenvalue weighted by atomic mass is 9.97. The quantitative estimate of drug-likeness (QED) is 0.622. The van der Waals surface area contributed by atoms with Gasteiger partial charge >= 0.3 is 0 Å². The van der Waals surface area contributed by atoms with Gasteiger partial charge in [0, 0.05) is 6.04 Å². The molecule has 0 aromatic carbocycles. The van der Waals surface area contributed by atoms with Crippen molar-refractivity contribution in [3.8, 4) is 0 Å². The van der Waals surface area contributed by atoms with Gasteiger partial charge in [0.1, 0.15) is 0 Å². The topological polar surface area (TPSA) is 24.1 Å². The number of hydrogen-bond donors (Lipinski definition) is 2. The van der Waals surface area contributed by atoms with Crippen LogP contribution < -0.4 is 10.6 Å². The molecule has 1 atom stereocenters. The summed E-state index contributed by atoms with van der Waals surface area (Å²) in [6.45, 7) is 8.29. The van der Waals surface area contributed by atoms with E-state index in [1.165, 1.54) is 64.6 Å². The van der Waals surface area contributed by atoms with Crippen molar-refractivity contribution >= 4 is 0 Å². The van der Waals surface area contributed by atoms with Crippen molar-refractivity contribution in [1.29, 1.82) is 0 Å². The van der Waals surface area contributed by atoms with Crippen LogP contribution in [-0.2, 0) is 0 Å². The Morgan fingerprint density at radius 2 is 1.94 bits per heavy atom. The van der Waals surface area contributed by atoms with Crippen molar-refractivity contribution in [1.82, 2.24) is 10.6 Å². The summed E-state index contributed by atoms with van der Waals surface area (Å²) in [7, 11) is 0. The van der Waals surface area contributed by atoms with Crippen LogP contribution in [0, 0.1) is 5.92 Å². The zero-order chi connectivity index (χ0) is 11.6. The van der Waals surface area contributed by atoms with Crippen molar-refractivity contribution < 1.29 is 0 Å². The molecule has 1 aliphatic rings. The van der Waals surface area contributed by atoms with Crippen LogP contribution in [0.25, 0.3) is 0 Å². The van der Waals surface area contributed by atoms with E-state index in [4.69, 9.17) is 0 Å². The molecular formula is C14H30N2. The van der Waals surface area contributed by atoms with E-state index in [0.717, 1.165) is 5.92 Å². The normalized spacial score (nSPS) is 19.9. The second kappa shape index (κ2) is 9.00. The van der Waals surface area contributed by atoms with Gasteiger partial charge < -0.3 is 10.6 Å². The van der Waals surface area contributed by atoms with Crippen molar-refractivity contribution in [2.75, 3.05) is 19.6 Å². The molecule has 2 nitrogen and oxygen atoms in total. The fraction of sp³-hybridized carbons (Fsp3) is 1.00. The summed E-state index contributed by atoms with van der Waals surface area (Å²) in [6.07, 6.45) is 9.62. The summed E-state index contributed by atoms with van der Waals surface area (Å²) >= 11 is 0. The second-order valence-corrected chi connectivity index (χ2v) is 5.35. The fourth-order valence-corrected chi connectivity index (χ4v) is 2.43. The van der Waals surface area contributed by atoms with Crippen molar-refractivity contribution in [2.24, 2.45) is 5.92 Å². The van der Waals surface area contributed by atoms with Crippen LogP contribution in [0.15, 0.2) is 0 Å². The Morgan fingerprint density at radius 3 is 2.62 bits per heavy atom. The standard InChI is InChI=1S/C14H30N2/c1-3-4-5-6-7-13(2)16-12-14-8-10-15-11-9-14/h13-16H,3-12H2,1-2H3. The zero-order valence-corrected chi connectivity index (χ0v) is 11.2. The van der Waals surface area contributed by atoms with Crippen molar-refractivity contribution in [3.05, 3.63) is 0 Å². The minimum atomic E-state index is 0.715. The number of hydrogen-bond acceptors (Lipinski definition) is 2. The van der Waals surface area contributed by atoms with E-state index in [-0.39, 0.29) is 0 Å².